The molecule has 0 bridgehead atoms. The van der Waals surface area contributed by atoms with E-state index >= 15 is 0 Å². The fourth-order valence-corrected chi connectivity index (χ4v) is 3.44. The highest BCUT2D eigenvalue weighted by molar-refractivity contribution is 9.10. The molecular formula is C12H18BrN3. The van der Waals surface area contributed by atoms with Crippen molar-refractivity contribution in [2.75, 3.05) is 13.1 Å². The van der Waals surface area contributed by atoms with E-state index in [0.717, 1.165) is 30.2 Å². The molecule has 2 aliphatic rings. The molecule has 0 aliphatic carbocycles. The lowest BCUT2D eigenvalue weighted by molar-refractivity contribution is 0.402. The molecule has 2 atom stereocenters. The van der Waals surface area contributed by atoms with Crippen molar-refractivity contribution < 1.29 is 0 Å². The highest BCUT2D eigenvalue weighted by Gasteiger charge is 2.27. The predicted molar refractivity (Wildman–Crippen MR) is 67.6 cm³/mol. The van der Waals surface area contributed by atoms with Gasteiger partial charge in [0.1, 0.15) is 10.4 Å². The molecule has 0 saturated carbocycles. The van der Waals surface area contributed by atoms with Crippen LogP contribution >= 0.6 is 15.9 Å². The van der Waals surface area contributed by atoms with Crippen LogP contribution in [0.4, 0.5) is 0 Å². The molecule has 0 aromatic carbocycles. The van der Waals surface area contributed by atoms with Gasteiger partial charge < -0.3 is 9.88 Å². The topological polar surface area (TPSA) is 29.9 Å². The Bertz CT molecular complexity index is 393. The number of halogens is 1. The highest BCUT2D eigenvalue weighted by atomic mass is 79.9. The lowest BCUT2D eigenvalue weighted by atomic mass is 9.98. The molecule has 2 unspecified atom stereocenters. The average molecular weight is 284 g/mol. The Morgan fingerprint density at radius 1 is 1.44 bits per heavy atom. The minimum atomic E-state index is 0.624. The van der Waals surface area contributed by atoms with Crippen molar-refractivity contribution in [1.29, 1.82) is 0 Å². The number of imidazole rings is 1. The van der Waals surface area contributed by atoms with Gasteiger partial charge in [-0.25, -0.2) is 4.98 Å². The van der Waals surface area contributed by atoms with Crippen LogP contribution in [0.25, 0.3) is 0 Å². The van der Waals surface area contributed by atoms with Crippen LogP contribution in [0.1, 0.15) is 37.2 Å². The molecular weight excluding hydrogens is 266 g/mol. The van der Waals surface area contributed by atoms with Gasteiger partial charge in [-0.15, -0.1) is 0 Å². The molecule has 1 saturated heterocycles. The third kappa shape index (κ3) is 1.72. The number of hydrogen-bond donors (Lipinski definition) is 1. The van der Waals surface area contributed by atoms with E-state index in [0.29, 0.717) is 5.92 Å². The van der Waals surface area contributed by atoms with Crippen molar-refractivity contribution in [3.8, 4) is 0 Å². The quantitative estimate of drug-likeness (QED) is 0.857. The summed E-state index contributed by atoms with van der Waals surface area (Å²) in [6.45, 7) is 5.72. The standard InChI is InChI=1S/C12H18BrN3/c1-8-3-5-16-10(6-8)11(13)15-12(16)9-2-4-14-7-9/h8-9,14H,2-7H2,1H3. The summed E-state index contributed by atoms with van der Waals surface area (Å²) in [5.74, 6) is 2.73. The monoisotopic (exact) mass is 283 g/mol. The number of aromatic nitrogens is 2. The number of rotatable bonds is 1. The van der Waals surface area contributed by atoms with E-state index in [4.69, 9.17) is 4.98 Å². The average Bonchev–Trinajstić information content (AvgIpc) is 2.87. The van der Waals surface area contributed by atoms with Crippen molar-refractivity contribution in [2.24, 2.45) is 5.92 Å². The van der Waals surface area contributed by atoms with E-state index in [-0.39, 0.29) is 0 Å². The second-order valence-electron chi connectivity index (χ2n) is 5.15. The Morgan fingerprint density at radius 3 is 3.06 bits per heavy atom. The zero-order chi connectivity index (χ0) is 11.1. The maximum Gasteiger partial charge on any atom is 0.127 e. The molecule has 0 amide bonds. The molecule has 0 spiro atoms. The van der Waals surface area contributed by atoms with E-state index in [1.54, 1.807) is 0 Å². The lowest BCUT2D eigenvalue weighted by Gasteiger charge is -2.23. The summed E-state index contributed by atoms with van der Waals surface area (Å²) in [6.07, 6.45) is 3.70. The molecule has 0 radical (unpaired) electrons. The van der Waals surface area contributed by atoms with Crippen molar-refractivity contribution in [2.45, 2.75) is 38.6 Å². The summed E-state index contributed by atoms with van der Waals surface area (Å²) in [5, 5.41) is 3.43. The summed E-state index contributed by atoms with van der Waals surface area (Å²) in [6, 6.07) is 0. The second kappa shape index (κ2) is 4.15. The van der Waals surface area contributed by atoms with Gasteiger partial charge in [0.25, 0.3) is 0 Å². The van der Waals surface area contributed by atoms with Crippen molar-refractivity contribution in [3.63, 3.8) is 0 Å². The lowest BCUT2D eigenvalue weighted by Crippen LogP contribution is -2.20. The molecule has 1 aromatic heterocycles. The van der Waals surface area contributed by atoms with Gasteiger partial charge in [-0.2, -0.15) is 0 Å². The van der Waals surface area contributed by atoms with Crippen LogP contribution in [0.5, 0.6) is 0 Å². The molecule has 4 heteroatoms. The van der Waals surface area contributed by atoms with Crippen LogP contribution in [0.3, 0.4) is 0 Å². The first-order chi connectivity index (χ1) is 7.75. The first-order valence-electron chi connectivity index (χ1n) is 6.21. The van der Waals surface area contributed by atoms with Crippen LogP contribution in [-0.4, -0.2) is 22.6 Å². The minimum Gasteiger partial charge on any atom is -0.331 e. The summed E-state index contributed by atoms with van der Waals surface area (Å²) in [4.78, 5) is 4.75. The molecule has 3 heterocycles. The van der Waals surface area contributed by atoms with Crippen LogP contribution in [0.15, 0.2) is 4.60 Å². The van der Waals surface area contributed by atoms with Gasteiger partial charge in [-0.3, -0.25) is 0 Å². The van der Waals surface area contributed by atoms with E-state index < -0.39 is 0 Å². The normalized spacial score (nSPS) is 29.4. The van der Waals surface area contributed by atoms with Crippen LogP contribution < -0.4 is 5.32 Å². The zero-order valence-electron chi connectivity index (χ0n) is 9.67. The van der Waals surface area contributed by atoms with E-state index in [1.165, 1.54) is 30.8 Å². The highest BCUT2D eigenvalue weighted by Crippen LogP contribution is 2.32. The first kappa shape index (κ1) is 10.8. The Balaban J connectivity index is 1.97. The SMILES string of the molecule is CC1CCn2c(C3CCNC3)nc(Br)c2C1. The first-order valence-corrected chi connectivity index (χ1v) is 7.00. The third-order valence-electron chi connectivity index (χ3n) is 3.87. The van der Waals surface area contributed by atoms with Gasteiger partial charge in [0.05, 0.1) is 5.69 Å². The van der Waals surface area contributed by atoms with Crippen molar-refractivity contribution in [3.05, 3.63) is 16.1 Å². The summed E-state index contributed by atoms with van der Waals surface area (Å²) >= 11 is 3.63. The molecule has 3 nitrogen and oxygen atoms in total. The smallest absolute Gasteiger partial charge is 0.127 e. The largest absolute Gasteiger partial charge is 0.331 e. The van der Waals surface area contributed by atoms with Gasteiger partial charge in [0, 0.05) is 19.0 Å². The third-order valence-corrected chi connectivity index (χ3v) is 4.50. The zero-order valence-corrected chi connectivity index (χ0v) is 11.3. The Morgan fingerprint density at radius 2 is 2.31 bits per heavy atom. The molecule has 1 N–H and O–H groups in total. The summed E-state index contributed by atoms with van der Waals surface area (Å²) in [5.41, 5.74) is 1.42. The molecule has 1 aromatic rings. The van der Waals surface area contributed by atoms with Gasteiger partial charge in [0.15, 0.2) is 0 Å². The maximum absolute atomic E-state index is 4.75. The molecule has 88 valence electrons. The molecule has 2 aliphatic heterocycles. The summed E-state index contributed by atoms with van der Waals surface area (Å²) < 4.78 is 3.54. The fourth-order valence-electron chi connectivity index (χ4n) is 2.89. The van der Waals surface area contributed by atoms with Crippen LogP contribution in [0, 0.1) is 5.92 Å². The number of nitrogens with zero attached hydrogens (tertiary/aromatic N) is 2. The maximum atomic E-state index is 4.75. The number of nitrogens with one attached hydrogen (secondary N) is 1. The summed E-state index contributed by atoms with van der Waals surface area (Å²) in [7, 11) is 0. The molecule has 16 heavy (non-hydrogen) atoms. The van der Waals surface area contributed by atoms with Crippen molar-refractivity contribution in [1.82, 2.24) is 14.9 Å². The second-order valence-corrected chi connectivity index (χ2v) is 5.90. The fraction of sp³-hybridized carbons (Fsp3) is 0.750. The van der Waals surface area contributed by atoms with Crippen molar-refractivity contribution >= 4 is 15.9 Å². The minimum absolute atomic E-state index is 0.624. The van der Waals surface area contributed by atoms with Gasteiger partial charge >= 0.3 is 0 Å². The molecule has 3 rings (SSSR count). The van der Waals surface area contributed by atoms with E-state index in [1.807, 2.05) is 0 Å². The van der Waals surface area contributed by atoms with E-state index in [9.17, 15) is 0 Å². The Kier molecular flexibility index (Phi) is 2.80. The Hall–Kier alpha value is -0.350. The number of fused-ring (bicyclic) bond motifs is 1. The van der Waals surface area contributed by atoms with Crippen LogP contribution in [0.2, 0.25) is 0 Å². The molecule has 1 fully saturated rings. The van der Waals surface area contributed by atoms with Gasteiger partial charge in [-0.05, 0) is 47.7 Å². The predicted octanol–water partition coefficient (Wildman–Crippen LogP) is 2.30. The Labute approximate surface area is 105 Å². The van der Waals surface area contributed by atoms with E-state index in [2.05, 4.69) is 32.7 Å². The van der Waals surface area contributed by atoms with Gasteiger partial charge in [-0.1, -0.05) is 6.92 Å². The number of hydrogen-bond acceptors (Lipinski definition) is 2. The van der Waals surface area contributed by atoms with Crippen LogP contribution in [-0.2, 0) is 13.0 Å². The van der Waals surface area contributed by atoms with Gasteiger partial charge in [0.2, 0.25) is 0 Å².